The lowest BCUT2D eigenvalue weighted by atomic mass is 10.1. The Morgan fingerprint density at radius 1 is 1.19 bits per heavy atom. The minimum atomic E-state index is -0.482. The van der Waals surface area contributed by atoms with Gasteiger partial charge in [0, 0.05) is 29.9 Å². The van der Waals surface area contributed by atoms with Crippen LogP contribution in [0, 0.1) is 17.0 Å². The Balaban J connectivity index is 1.60. The minimum absolute atomic E-state index is 0.0539. The Labute approximate surface area is 150 Å². The number of nitrogens with zero attached hydrogens (tertiary/aromatic N) is 3. The van der Waals surface area contributed by atoms with E-state index in [0.717, 1.165) is 11.3 Å². The Bertz CT molecular complexity index is 935. The van der Waals surface area contributed by atoms with Crippen molar-refractivity contribution in [3.8, 4) is 5.69 Å². The zero-order valence-corrected chi connectivity index (χ0v) is 14.3. The number of carbonyl (C=O) groups is 1. The van der Waals surface area contributed by atoms with Gasteiger partial charge in [0.25, 0.3) is 11.6 Å². The van der Waals surface area contributed by atoms with E-state index < -0.39 is 4.92 Å². The van der Waals surface area contributed by atoms with Gasteiger partial charge in [-0.1, -0.05) is 24.3 Å². The number of nitrogens with one attached hydrogen (secondary N) is 1. The lowest BCUT2D eigenvalue weighted by Crippen LogP contribution is -2.26. The average Bonchev–Trinajstić information content (AvgIpc) is 3.11. The lowest BCUT2D eigenvalue weighted by Gasteiger charge is -2.07. The predicted molar refractivity (Wildman–Crippen MR) is 97.4 cm³/mol. The Kier molecular flexibility index (Phi) is 5.07. The largest absolute Gasteiger partial charge is 0.352 e. The van der Waals surface area contributed by atoms with Crippen molar-refractivity contribution < 1.29 is 9.72 Å². The highest BCUT2D eigenvalue weighted by Crippen LogP contribution is 2.20. The third-order valence-electron chi connectivity index (χ3n) is 4.10. The second-order valence-corrected chi connectivity index (χ2v) is 5.84. The third-order valence-corrected chi connectivity index (χ3v) is 4.10. The highest BCUT2D eigenvalue weighted by Gasteiger charge is 2.17. The maximum Gasteiger partial charge on any atom is 0.273 e. The summed E-state index contributed by atoms with van der Waals surface area (Å²) in [6.07, 6.45) is 4.30. The van der Waals surface area contributed by atoms with Gasteiger partial charge >= 0.3 is 0 Å². The first-order valence-electron chi connectivity index (χ1n) is 8.17. The van der Waals surface area contributed by atoms with Crippen LogP contribution in [0.5, 0.6) is 0 Å². The van der Waals surface area contributed by atoms with Gasteiger partial charge in [-0.3, -0.25) is 14.9 Å². The quantitative estimate of drug-likeness (QED) is 0.546. The summed E-state index contributed by atoms with van der Waals surface area (Å²) in [6.45, 7) is 2.00. The summed E-state index contributed by atoms with van der Waals surface area (Å²) in [5, 5.41) is 18.1. The fourth-order valence-corrected chi connectivity index (χ4v) is 2.69. The normalized spacial score (nSPS) is 10.5. The van der Waals surface area contributed by atoms with E-state index in [-0.39, 0.29) is 11.6 Å². The molecule has 0 fully saturated rings. The molecule has 2 aromatic carbocycles. The van der Waals surface area contributed by atoms with E-state index in [4.69, 9.17) is 0 Å². The number of amides is 1. The number of hydrogen-bond acceptors (Lipinski definition) is 4. The number of para-hydroxylation sites is 1. The zero-order valence-electron chi connectivity index (χ0n) is 14.3. The highest BCUT2D eigenvalue weighted by molar-refractivity contribution is 5.96. The summed E-state index contributed by atoms with van der Waals surface area (Å²) in [4.78, 5) is 22.8. The minimum Gasteiger partial charge on any atom is -0.352 e. The SMILES string of the molecule is Cc1c(C(=O)NCCc2cnn(-c3ccccc3)c2)cccc1[N+](=O)[O-]. The zero-order chi connectivity index (χ0) is 18.5. The number of benzene rings is 2. The number of nitro benzene ring substituents is 1. The second kappa shape index (κ2) is 7.60. The molecule has 0 unspecified atom stereocenters. The Morgan fingerprint density at radius 3 is 2.69 bits per heavy atom. The average molecular weight is 350 g/mol. The molecule has 0 aliphatic carbocycles. The predicted octanol–water partition coefficient (Wildman–Crippen LogP) is 3.06. The Hall–Kier alpha value is -3.48. The molecule has 1 aromatic heterocycles. The molecule has 3 rings (SSSR count). The molecule has 0 atom stereocenters. The van der Waals surface area contributed by atoms with Gasteiger partial charge in [-0.15, -0.1) is 0 Å². The van der Waals surface area contributed by atoms with Crippen molar-refractivity contribution in [3.63, 3.8) is 0 Å². The molecule has 26 heavy (non-hydrogen) atoms. The van der Waals surface area contributed by atoms with Crippen LogP contribution < -0.4 is 5.32 Å². The van der Waals surface area contributed by atoms with Crippen LogP contribution in [0.2, 0.25) is 0 Å². The van der Waals surface area contributed by atoms with Crippen molar-refractivity contribution >= 4 is 11.6 Å². The van der Waals surface area contributed by atoms with Crippen molar-refractivity contribution in [3.05, 3.63) is 87.7 Å². The standard InChI is InChI=1S/C19H18N4O3/c1-14-17(8-5-9-18(14)23(25)26)19(24)20-11-10-15-12-21-22(13-15)16-6-3-2-4-7-16/h2-9,12-13H,10-11H2,1H3,(H,20,24). The van der Waals surface area contributed by atoms with Gasteiger partial charge < -0.3 is 5.32 Å². The van der Waals surface area contributed by atoms with E-state index in [2.05, 4.69) is 10.4 Å². The highest BCUT2D eigenvalue weighted by atomic mass is 16.6. The molecule has 0 aliphatic rings. The summed E-state index contributed by atoms with van der Waals surface area (Å²) in [6, 6.07) is 14.3. The molecule has 1 N–H and O–H groups in total. The van der Waals surface area contributed by atoms with E-state index in [9.17, 15) is 14.9 Å². The van der Waals surface area contributed by atoms with Crippen LogP contribution in [0.25, 0.3) is 5.69 Å². The van der Waals surface area contributed by atoms with Gasteiger partial charge in [0.1, 0.15) is 0 Å². The smallest absolute Gasteiger partial charge is 0.273 e. The molecule has 0 radical (unpaired) electrons. The van der Waals surface area contributed by atoms with Crippen molar-refractivity contribution in [2.24, 2.45) is 0 Å². The van der Waals surface area contributed by atoms with Crippen molar-refractivity contribution in [1.82, 2.24) is 15.1 Å². The first kappa shape index (κ1) is 17.3. The van der Waals surface area contributed by atoms with Crippen LogP contribution in [0.1, 0.15) is 21.5 Å². The number of nitro groups is 1. The van der Waals surface area contributed by atoms with Crippen molar-refractivity contribution in [2.45, 2.75) is 13.3 Å². The molecular weight excluding hydrogens is 332 g/mol. The molecule has 0 bridgehead atoms. The number of rotatable bonds is 6. The van der Waals surface area contributed by atoms with Gasteiger partial charge in [-0.25, -0.2) is 4.68 Å². The fraction of sp³-hybridized carbons (Fsp3) is 0.158. The Morgan fingerprint density at radius 2 is 1.96 bits per heavy atom. The van der Waals surface area contributed by atoms with E-state index in [1.165, 1.54) is 12.1 Å². The number of hydrogen-bond donors (Lipinski definition) is 1. The lowest BCUT2D eigenvalue weighted by molar-refractivity contribution is -0.385. The molecular formula is C19H18N4O3. The molecule has 0 spiro atoms. The van der Waals surface area contributed by atoms with E-state index in [0.29, 0.717) is 24.1 Å². The molecule has 0 saturated heterocycles. The maximum atomic E-state index is 12.3. The van der Waals surface area contributed by atoms with Crippen molar-refractivity contribution in [2.75, 3.05) is 6.54 Å². The van der Waals surface area contributed by atoms with Crippen LogP contribution in [-0.2, 0) is 6.42 Å². The van der Waals surface area contributed by atoms with E-state index >= 15 is 0 Å². The van der Waals surface area contributed by atoms with Gasteiger partial charge in [0.15, 0.2) is 0 Å². The topological polar surface area (TPSA) is 90.1 Å². The first-order valence-corrected chi connectivity index (χ1v) is 8.17. The van der Waals surface area contributed by atoms with Crippen LogP contribution >= 0.6 is 0 Å². The summed E-state index contributed by atoms with van der Waals surface area (Å²) in [7, 11) is 0. The molecule has 3 aromatic rings. The monoisotopic (exact) mass is 350 g/mol. The second-order valence-electron chi connectivity index (χ2n) is 5.84. The molecule has 7 nitrogen and oxygen atoms in total. The summed E-state index contributed by atoms with van der Waals surface area (Å²) < 4.78 is 1.78. The molecule has 132 valence electrons. The number of aromatic nitrogens is 2. The van der Waals surface area contributed by atoms with Crippen LogP contribution in [0.3, 0.4) is 0 Å². The van der Waals surface area contributed by atoms with Crippen molar-refractivity contribution in [1.29, 1.82) is 0 Å². The van der Waals surface area contributed by atoms with E-state index in [1.807, 2.05) is 36.5 Å². The third kappa shape index (κ3) is 3.77. The van der Waals surface area contributed by atoms with Gasteiger partial charge in [-0.05, 0) is 37.1 Å². The molecule has 7 heteroatoms. The van der Waals surface area contributed by atoms with E-state index in [1.54, 1.807) is 23.9 Å². The van der Waals surface area contributed by atoms with Crippen LogP contribution in [0.15, 0.2) is 60.9 Å². The van der Waals surface area contributed by atoms with Gasteiger partial charge in [0.2, 0.25) is 0 Å². The molecule has 1 heterocycles. The molecule has 0 aliphatic heterocycles. The molecule has 1 amide bonds. The molecule has 0 saturated carbocycles. The summed E-state index contributed by atoms with van der Waals surface area (Å²) >= 11 is 0. The van der Waals surface area contributed by atoms with Crippen LogP contribution in [0.4, 0.5) is 5.69 Å². The van der Waals surface area contributed by atoms with Crippen LogP contribution in [-0.4, -0.2) is 27.2 Å². The fourth-order valence-electron chi connectivity index (χ4n) is 2.69. The summed E-state index contributed by atoms with van der Waals surface area (Å²) in [5.41, 5.74) is 2.59. The van der Waals surface area contributed by atoms with Gasteiger partial charge in [-0.2, -0.15) is 5.10 Å². The maximum absolute atomic E-state index is 12.3. The first-order chi connectivity index (χ1) is 12.6. The summed E-state index contributed by atoms with van der Waals surface area (Å²) in [5.74, 6) is -0.318. The van der Waals surface area contributed by atoms with Gasteiger partial charge in [0.05, 0.1) is 16.8 Å². The number of carbonyl (C=O) groups excluding carboxylic acids is 1.